The van der Waals surface area contributed by atoms with Crippen molar-refractivity contribution in [1.29, 1.82) is 0 Å². The van der Waals surface area contributed by atoms with Crippen LogP contribution in [0.3, 0.4) is 0 Å². The second kappa shape index (κ2) is 5.39. The number of aryl methyl sites for hydroxylation is 3. The summed E-state index contributed by atoms with van der Waals surface area (Å²) in [5.41, 5.74) is 8.33. The van der Waals surface area contributed by atoms with Crippen LogP contribution in [0.25, 0.3) is 11.1 Å². The third-order valence-electron chi connectivity index (χ3n) is 3.68. The lowest BCUT2D eigenvalue weighted by molar-refractivity contribution is 0.910. The van der Waals surface area contributed by atoms with Crippen LogP contribution in [-0.4, -0.2) is 0 Å². The first kappa shape index (κ1) is 12.9. The predicted molar refractivity (Wildman–Crippen MR) is 80.1 cm³/mol. The zero-order valence-corrected chi connectivity index (χ0v) is 11.9. The van der Waals surface area contributed by atoms with Gasteiger partial charge < -0.3 is 0 Å². The van der Waals surface area contributed by atoms with Gasteiger partial charge in [-0.25, -0.2) is 0 Å². The molecular weight excluding hydrogens is 216 g/mol. The first-order valence-electron chi connectivity index (χ1n) is 6.79. The Morgan fingerprint density at radius 1 is 0.833 bits per heavy atom. The van der Waals surface area contributed by atoms with Crippen LogP contribution in [0.4, 0.5) is 0 Å². The summed E-state index contributed by atoms with van der Waals surface area (Å²) in [5.74, 6) is 0. The summed E-state index contributed by atoms with van der Waals surface area (Å²) in [6.07, 6.45) is 2.38. The maximum atomic E-state index is 2.36. The van der Waals surface area contributed by atoms with Crippen molar-refractivity contribution in [2.45, 2.75) is 40.5 Å². The highest BCUT2D eigenvalue weighted by Gasteiger charge is 2.05. The van der Waals surface area contributed by atoms with Crippen LogP contribution in [0.2, 0.25) is 0 Å². The SMILES string of the molecule is CCCc1cc(-c2ccc(C)cc2)cc(C)c1C. The largest absolute Gasteiger partial charge is 0.0651 e. The van der Waals surface area contributed by atoms with Crippen LogP contribution in [0.15, 0.2) is 36.4 Å². The van der Waals surface area contributed by atoms with Crippen LogP contribution in [-0.2, 0) is 6.42 Å². The van der Waals surface area contributed by atoms with Crippen molar-refractivity contribution in [3.63, 3.8) is 0 Å². The first-order valence-corrected chi connectivity index (χ1v) is 6.79. The summed E-state index contributed by atoms with van der Waals surface area (Å²) >= 11 is 0. The van der Waals surface area contributed by atoms with E-state index in [4.69, 9.17) is 0 Å². The van der Waals surface area contributed by atoms with Gasteiger partial charge in [0.05, 0.1) is 0 Å². The first-order chi connectivity index (χ1) is 8.61. The Labute approximate surface area is 111 Å². The predicted octanol–water partition coefficient (Wildman–Crippen LogP) is 5.23. The van der Waals surface area contributed by atoms with Crippen molar-refractivity contribution in [3.05, 3.63) is 58.7 Å². The van der Waals surface area contributed by atoms with Gasteiger partial charge in [0.2, 0.25) is 0 Å². The molecule has 0 radical (unpaired) electrons. The second-order valence-corrected chi connectivity index (χ2v) is 5.19. The Kier molecular flexibility index (Phi) is 3.86. The zero-order valence-electron chi connectivity index (χ0n) is 11.9. The molecule has 0 N–H and O–H groups in total. The van der Waals surface area contributed by atoms with Gasteiger partial charge in [-0.3, -0.25) is 0 Å². The van der Waals surface area contributed by atoms with E-state index in [0.29, 0.717) is 0 Å². The molecule has 0 aromatic heterocycles. The summed E-state index contributed by atoms with van der Waals surface area (Å²) < 4.78 is 0. The molecule has 0 aliphatic rings. The standard InChI is InChI=1S/C18H22/c1-5-6-17-12-18(11-14(3)15(17)4)16-9-7-13(2)8-10-16/h7-12H,5-6H2,1-4H3. The van der Waals surface area contributed by atoms with Gasteiger partial charge in [0, 0.05) is 0 Å². The van der Waals surface area contributed by atoms with Gasteiger partial charge in [0.15, 0.2) is 0 Å². The van der Waals surface area contributed by atoms with Gasteiger partial charge in [-0.05, 0) is 55.0 Å². The van der Waals surface area contributed by atoms with Crippen molar-refractivity contribution in [1.82, 2.24) is 0 Å². The minimum absolute atomic E-state index is 1.17. The lowest BCUT2D eigenvalue weighted by Crippen LogP contribution is -1.93. The van der Waals surface area contributed by atoms with E-state index in [2.05, 4.69) is 64.1 Å². The Balaban J connectivity index is 2.48. The molecule has 2 aromatic rings. The average Bonchev–Trinajstić information content (AvgIpc) is 2.36. The normalized spacial score (nSPS) is 10.7. The molecule has 0 fully saturated rings. The highest BCUT2D eigenvalue weighted by molar-refractivity contribution is 5.66. The molecule has 0 aliphatic carbocycles. The van der Waals surface area contributed by atoms with Crippen LogP contribution in [0.5, 0.6) is 0 Å². The smallest absolute Gasteiger partial charge is 0.0178 e. The molecule has 18 heavy (non-hydrogen) atoms. The van der Waals surface area contributed by atoms with Crippen molar-refractivity contribution in [2.24, 2.45) is 0 Å². The van der Waals surface area contributed by atoms with Crippen LogP contribution in [0.1, 0.15) is 35.6 Å². The molecule has 2 aromatic carbocycles. The van der Waals surface area contributed by atoms with E-state index in [9.17, 15) is 0 Å². The molecule has 0 unspecified atom stereocenters. The topological polar surface area (TPSA) is 0 Å². The maximum Gasteiger partial charge on any atom is -0.0178 e. The Hall–Kier alpha value is -1.56. The van der Waals surface area contributed by atoms with Gasteiger partial charge >= 0.3 is 0 Å². The molecule has 0 saturated carbocycles. The van der Waals surface area contributed by atoms with E-state index in [1.165, 1.54) is 46.2 Å². The van der Waals surface area contributed by atoms with Crippen LogP contribution in [0, 0.1) is 20.8 Å². The molecule has 0 aliphatic heterocycles. The lowest BCUT2D eigenvalue weighted by Gasteiger charge is -2.12. The fourth-order valence-corrected chi connectivity index (χ4v) is 2.37. The molecule has 0 saturated heterocycles. The third-order valence-corrected chi connectivity index (χ3v) is 3.68. The van der Waals surface area contributed by atoms with E-state index >= 15 is 0 Å². The van der Waals surface area contributed by atoms with E-state index in [0.717, 1.165) is 0 Å². The number of hydrogen-bond acceptors (Lipinski definition) is 0. The molecule has 0 bridgehead atoms. The lowest BCUT2D eigenvalue weighted by atomic mass is 9.93. The maximum absolute atomic E-state index is 2.36. The molecule has 0 spiro atoms. The fraction of sp³-hybridized carbons (Fsp3) is 0.333. The minimum Gasteiger partial charge on any atom is -0.0651 e. The molecule has 0 heteroatoms. The van der Waals surface area contributed by atoms with Crippen molar-refractivity contribution < 1.29 is 0 Å². The monoisotopic (exact) mass is 238 g/mol. The second-order valence-electron chi connectivity index (χ2n) is 5.19. The quantitative estimate of drug-likeness (QED) is 0.686. The van der Waals surface area contributed by atoms with Gasteiger partial charge in [-0.1, -0.05) is 55.3 Å². The van der Waals surface area contributed by atoms with Crippen LogP contribution >= 0.6 is 0 Å². The number of rotatable bonds is 3. The minimum atomic E-state index is 1.17. The summed E-state index contributed by atoms with van der Waals surface area (Å²) in [6.45, 7) is 8.82. The number of benzene rings is 2. The van der Waals surface area contributed by atoms with Gasteiger partial charge in [0.25, 0.3) is 0 Å². The Morgan fingerprint density at radius 2 is 1.50 bits per heavy atom. The molecule has 2 rings (SSSR count). The van der Waals surface area contributed by atoms with E-state index in [-0.39, 0.29) is 0 Å². The summed E-state index contributed by atoms with van der Waals surface area (Å²) in [5, 5.41) is 0. The molecule has 0 amide bonds. The van der Waals surface area contributed by atoms with Gasteiger partial charge in [0.1, 0.15) is 0 Å². The molecule has 0 atom stereocenters. The fourth-order valence-electron chi connectivity index (χ4n) is 2.37. The van der Waals surface area contributed by atoms with E-state index in [1.54, 1.807) is 0 Å². The number of hydrogen-bond donors (Lipinski definition) is 0. The van der Waals surface area contributed by atoms with E-state index in [1.807, 2.05) is 0 Å². The molecular formula is C18H22. The van der Waals surface area contributed by atoms with Crippen molar-refractivity contribution >= 4 is 0 Å². The summed E-state index contributed by atoms with van der Waals surface area (Å²) in [4.78, 5) is 0. The Bertz CT molecular complexity index is 533. The molecule has 0 nitrogen and oxygen atoms in total. The third kappa shape index (κ3) is 2.64. The van der Waals surface area contributed by atoms with Gasteiger partial charge in [-0.2, -0.15) is 0 Å². The van der Waals surface area contributed by atoms with Crippen LogP contribution < -0.4 is 0 Å². The van der Waals surface area contributed by atoms with Gasteiger partial charge in [-0.15, -0.1) is 0 Å². The molecule has 0 heterocycles. The highest BCUT2D eigenvalue weighted by Crippen LogP contribution is 2.26. The summed E-state index contributed by atoms with van der Waals surface area (Å²) in [6, 6.07) is 13.5. The van der Waals surface area contributed by atoms with Crippen molar-refractivity contribution in [2.75, 3.05) is 0 Å². The highest BCUT2D eigenvalue weighted by atomic mass is 14.1. The summed E-state index contributed by atoms with van der Waals surface area (Å²) in [7, 11) is 0. The average molecular weight is 238 g/mol. The van der Waals surface area contributed by atoms with Crippen molar-refractivity contribution in [3.8, 4) is 11.1 Å². The molecule has 94 valence electrons. The van der Waals surface area contributed by atoms with E-state index < -0.39 is 0 Å². The zero-order chi connectivity index (χ0) is 13.1. The Morgan fingerprint density at radius 3 is 2.11 bits per heavy atom.